The lowest BCUT2D eigenvalue weighted by Crippen LogP contribution is -2.24. The van der Waals surface area contributed by atoms with Crippen molar-refractivity contribution in [3.63, 3.8) is 0 Å². The largest absolute Gasteiger partial charge is 0.377 e. The van der Waals surface area contributed by atoms with Crippen LogP contribution in [0, 0.1) is 6.92 Å². The van der Waals surface area contributed by atoms with Crippen LogP contribution >= 0.6 is 0 Å². The van der Waals surface area contributed by atoms with Crippen molar-refractivity contribution >= 4 is 10.1 Å². The zero-order valence-corrected chi connectivity index (χ0v) is 21.5. The lowest BCUT2D eigenvalue weighted by molar-refractivity contribution is -0.169. The highest BCUT2D eigenvalue weighted by Crippen LogP contribution is 2.14. The van der Waals surface area contributed by atoms with Crippen LogP contribution in [-0.2, 0) is 47.5 Å². The molecule has 0 spiro atoms. The Morgan fingerprint density at radius 2 is 1.20 bits per heavy atom. The molecule has 0 saturated carbocycles. The maximum absolute atomic E-state index is 12.0. The summed E-state index contributed by atoms with van der Waals surface area (Å²) in [6.07, 6.45) is 3.15. The molecule has 1 aliphatic rings. The van der Waals surface area contributed by atoms with Crippen molar-refractivity contribution in [2.75, 3.05) is 85.9 Å². The smallest absolute Gasteiger partial charge is 0.297 e. The van der Waals surface area contributed by atoms with E-state index >= 15 is 0 Å². The fraction of sp³-hybridized carbons (Fsp3) is 0.750. The summed E-state index contributed by atoms with van der Waals surface area (Å²) in [7, 11) is -3.76. The van der Waals surface area contributed by atoms with Crippen LogP contribution in [0.5, 0.6) is 0 Å². The minimum absolute atomic E-state index is 0.0481. The van der Waals surface area contributed by atoms with Gasteiger partial charge in [0.15, 0.2) is 6.29 Å². The van der Waals surface area contributed by atoms with Crippen LogP contribution in [0.15, 0.2) is 29.2 Å². The van der Waals surface area contributed by atoms with Crippen molar-refractivity contribution in [2.24, 2.45) is 0 Å². The number of ether oxygens (including phenoxy) is 7. The van der Waals surface area contributed by atoms with Gasteiger partial charge in [-0.2, -0.15) is 8.42 Å². The van der Waals surface area contributed by atoms with E-state index in [9.17, 15) is 8.42 Å². The normalized spacial score (nSPS) is 16.5. The van der Waals surface area contributed by atoms with Crippen LogP contribution < -0.4 is 0 Å². The first kappa shape index (κ1) is 30.1. The number of hydrogen-bond acceptors (Lipinski definition) is 10. The van der Waals surface area contributed by atoms with Crippen molar-refractivity contribution in [1.82, 2.24) is 0 Å². The molecule has 1 aromatic rings. The molecule has 0 aliphatic carbocycles. The standard InChI is InChI=1S/C24H40O10S/c1-22-5-7-23(8-6-22)35(25,26)34-21-19-31-17-15-29-13-11-27-10-12-28-14-16-30-18-20-33-24-4-2-3-9-32-24/h5-8,24H,2-4,9-21H2,1H3. The summed E-state index contributed by atoms with van der Waals surface area (Å²) < 4.78 is 67.1. The highest BCUT2D eigenvalue weighted by molar-refractivity contribution is 7.86. The Kier molecular flexibility index (Phi) is 16.4. The predicted octanol–water partition coefficient (Wildman–Crippen LogP) is 2.33. The molecule has 202 valence electrons. The molecule has 1 saturated heterocycles. The first-order valence-electron chi connectivity index (χ1n) is 12.2. The summed E-state index contributed by atoms with van der Waals surface area (Å²) in [5.41, 5.74) is 0.981. The van der Waals surface area contributed by atoms with Gasteiger partial charge < -0.3 is 33.2 Å². The molecule has 11 heteroatoms. The van der Waals surface area contributed by atoms with E-state index in [0.717, 1.165) is 31.4 Å². The lowest BCUT2D eigenvalue weighted by atomic mass is 10.2. The molecular weight excluding hydrogens is 480 g/mol. The molecule has 0 amide bonds. The van der Waals surface area contributed by atoms with Crippen molar-refractivity contribution in [3.05, 3.63) is 29.8 Å². The molecule has 35 heavy (non-hydrogen) atoms. The fourth-order valence-corrected chi connectivity index (χ4v) is 3.93. The van der Waals surface area contributed by atoms with Crippen LogP contribution in [0.25, 0.3) is 0 Å². The highest BCUT2D eigenvalue weighted by atomic mass is 32.2. The Labute approximate surface area is 209 Å². The summed E-state index contributed by atoms with van der Waals surface area (Å²) in [5.74, 6) is 0. The molecule has 0 bridgehead atoms. The summed E-state index contributed by atoms with van der Waals surface area (Å²) in [6, 6.07) is 6.50. The van der Waals surface area contributed by atoms with Gasteiger partial charge in [-0.15, -0.1) is 0 Å². The summed E-state index contributed by atoms with van der Waals surface area (Å²) in [5, 5.41) is 0. The van der Waals surface area contributed by atoms with Crippen LogP contribution in [-0.4, -0.2) is 101 Å². The number of hydrogen-bond donors (Lipinski definition) is 0. The van der Waals surface area contributed by atoms with Gasteiger partial charge >= 0.3 is 0 Å². The minimum Gasteiger partial charge on any atom is -0.377 e. The van der Waals surface area contributed by atoms with E-state index in [2.05, 4.69) is 0 Å². The zero-order valence-electron chi connectivity index (χ0n) is 20.7. The van der Waals surface area contributed by atoms with Gasteiger partial charge in [0.2, 0.25) is 0 Å². The van der Waals surface area contributed by atoms with Gasteiger partial charge in [0.05, 0.1) is 84.2 Å². The maximum Gasteiger partial charge on any atom is 0.297 e. The van der Waals surface area contributed by atoms with Crippen LogP contribution in [0.2, 0.25) is 0 Å². The number of aryl methyl sites for hydroxylation is 1. The number of rotatable bonds is 21. The van der Waals surface area contributed by atoms with Crippen LogP contribution in [0.1, 0.15) is 24.8 Å². The molecule has 1 heterocycles. The first-order chi connectivity index (χ1) is 17.1. The van der Waals surface area contributed by atoms with Crippen LogP contribution in [0.3, 0.4) is 0 Å². The molecule has 1 aromatic carbocycles. The molecule has 1 atom stereocenters. The lowest BCUT2D eigenvalue weighted by Gasteiger charge is -2.22. The third-order valence-electron chi connectivity index (χ3n) is 4.93. The topological polar surface area (TPSA) is 108 Å². The quantitative estimate of drug-likeness (QED) is 0.177. The van der Waals surface area contributed by atoms with Crippen molar-refractivity contribution in [2.45, 2.75) is 37.4 Å². The SMILES string of the molecule is Cc1ccc(S(=O)(=O)OCCOCCOCCOCCOCCOCCOC2CCCCO2)cc1. The third-order valence-corrected chi connectivity index (χ3v) is 6.26. The van der Waals surface area contributed by atoms with E-state index in [1.54, 1.807) is 12.1 Å². The molecule has 0 radical (unpaired) electrons. The first-order valence-corrected chi connectivity index (χ1v) is 13.6. The molecular formula is C24H40O10S. The second kappa shape index (κ2) is 19.0. The van der Waals surface area contributed by atoms with Crippen molar-refractivity contribution < 1.29 is 45.8 Å². The fourth-order valence-electron chi connectivity index (χ4n) is 3.04. The summed E-state index contributed by atoms with van der Waals surface area (Å²) >= 11 is 0. The monoisotopic (exact) mass is 520 g/mol. The van der Waals surface area contributed by atoms with E-state index in [-0.39, 0.29) is 24.4 Å². The maximum atomic E-state index is 12.0. The molecule has 0 N–H and O–H groups in total. The molecule has 1 fully saturated rings. The van der Waals surface area contributed by atoms with Gasteiger partial charge in [-0.05, 0) is 38.3 Å². The van der Waals surface area contributed by atoms with Gasteiger partial charge in [0.1, 0.15) is 0 Å². The van der Waals surface area contributed by atoms with Crippen molar-refractivity contribution in [3.8, 4) is 0 Å². The number of benzene rings is 1. The molecule has 1 aliphatic heterocycles. The average Bonchev–Trinajstić information content (AvgIpc) is 2.86. The van der Waals surface area contributed by atoms with Crippen LogP contribution in [0.4, 0.5) is 0 Å². The Hall–Kier alpha value is -1.15. The van der Waals surface area contributed by atoms with Crippen molar-refractivity contribution in [1.29, 1.82) is 0 Å². The van der Waals surface area contributed by atoms with E-state index in [1.165, 1.54) is 12.1 Å². The van der Waals surface area contributed by atoms with E-state index in [4.69, 9.17) is 37.3 Å². The zero-order chi connectivity index (χ0) is 25.0. The van der Waals surface area contributed by atoms with Gasteiger partial charge in [-0.3, -0.25) is 4.18 Å². The Morgan fingerprint density at radius 1 is 0.714 bits per heavy atom. The van der Waals surface area contributed by atoms with E-state index < -0.39 is 10.1 Å². The second-order valence-corrected chi connectivity index (χ2v) is 9.43. The Balaban J connectivity index is 1.26. The second-order valence-electron chi connectivity index (χ2n) is 7.82. The molecule has 10 nitrogen and oxygen atoms in total. The van der Waals surface area contributed by atoms with Gasteiger partial charge in [0.25, 0.3) is 10.1 Å². The molecule has 2 rings (SSSR count). The average molecular weight is 521 g/mol. The Morgan fingerprint density at radius 3 is 1.69 bits per heavy atom. The molecule has 1 unspecified atom stereocenters. The predicted molar refractivity (Wildman–Crippen MR) is 128 cm³/mol. The van der Waals surface area contributed by atoms with E-state index in [1.807, 2.05) is 6.92 Å². The van der Waals surface area contributed by atoms with Gasteiger partial charge in [-0.25, -0.2) is 0 Å². The third kappa shape index (κ3) is 14.9. The summed E-state index contributed by atoms with van der Waals surface area (Å²) in [6.45, 7) is 7.46. The highest BCUT2D eigenvalue weighted by Gasteiger charge is 2.14. The minimum atomic E-state index is -3.76. The molecule has 0 aromatic heterocycles. The van der Waals surface area contributed by atoms with E-state index in [0.29, 0.717) is 66.1 Å². The summed E-state index contributed by atoms with van der Waals surface area (Å²) in [4.78, 5) is 0.135. The van der Waals surface area contributed by atoms with Gasteiger partial charge in [0, 0.05) is 6.61 Å². The van der Waals surface area contributed by atoms with Gasteiger partial charge in [-0.1, -0.05) is 17.7 Å². The Bertz CT molecular complexity index is 735.